The zero-order valence-corrected chi connectivity index (χ0v) is 11.7. The molecule has 1 unspecified atom stereocenters. The third-order valence-corrected chi connectivity index (χ3v) is 3.22. The Morgan fingerprint density at radius 2 is 2.11 bits per heavy atom. The third-order valence-electron chi connectivity index (χ3n) is 3.22. The van der Waals surface area contributed by atoms with Crippen molar-refractivity contribution in [1.82, 2.24) is 10.3 Å². The smallest absolute Gasteiger partial charge is 0.219 e. The highest BCUT2D eigenvalue weighted by atomic mass is 16.5. The fraction of sp³-hybridized carbons (Fsp3) is 0.312. The van der Waals surface area contributed by atoms with Gasteiger partial charge in [-0.25, -0.2) is 4.98 Å². The van der Waals surface area contributed by atoms with Crippen LogP contribution in [0.3, 0.4) is 0 Å². The number of aryl methyl sites for hydroxylation is 1. The van der Waals surface area contributed by atoms with E-state index in [1.807, 2.05) is 31.3 Å². The number of nitrogens with zero attached hydrogens (tertiary/aromatic N) is 1. The molecule has 1 atom stereocenters. The fourth-order valence-electron chi connectivity index (χ4n) is 1.87. The van der Waals surface area contributed by atoms with Gasteiger partial charge < -0.3 is 10.1 Å². The van der Waals surface area contributed by atoms with Gasteiger partial charge in [-0.15, -0.1) is 0 Å². The molecule has 2 aromatic rings. The molecule has 100 valence electrons. The van der Waals surface area contributed by atoms with Gasteiger partial charge in [-0.1, -0.05) is 19.1 Å². The molecule has 0 bridgehead atoms. The fourth-order valence-corrected chi connectivity index (χ4v) is 1.87. The highest BCUT2D eigenvalue weighted by molar-refractivity contribution is 5.33. The summed E-state index contributed by atoms with van der Waals surface area (Å²) in [6.45, 7) is 4.24. The SMILES string of the molecule is CCc1cccc(Oc2cc(C(C)NC)ccn2)c1. The van der Waals surface area contributed by atoms with Crippen molar-refractivity contribution in [2.45, 2.75) is 26.3 Å². The predicted molar refractivity (Wildman–Crippen MR) is 77.6 cm³/mol. The summed E-state index contributed by atoms with van der Waals surface area (Å²) >= 11 is 0. The minimum atomic E-state index is 0.285. The van der Waals surface area contributed by atoms with Crippen LogP contribution in [0.15, 0.2) is 42.6 Å². The normalized spacial score (nSPS) is 12.2. The molecule has 0 aliphatic heterocycles. The van der Waals surface area contributed by atoms with Gasteiger partial charge in [0.2, 0.25) is 5.88 Å². The van der Waals surface area contributed by atoms with Gasteiger partial charge in [-0.3, -0.25) is 0 Å². The van der Waals surface area contributed by atoms with Gasteiger partial charge >= 0.3 is 0 Å². The Labute approximate surface area is 114 Å². The van der Waals surface area contributed by atoms with E-state index in [1.165, 1.54) is 11.1 Å². The molecule has 0 amide bonds. The lowest BCUT2D eigenvalue weighted by Crippen LogP contribution is -2.12. The molecule has 2 rings (SSSR count). The summed E-state index contributed by atoms with van der Waals surface area (Å²) in [5.74, 6) is 1.47. The first-order valence-electron chi connectivity index (χ1n) is 6.63. The second-order valence-corrected chi connectivity index (χ2v) is 4.54. The van der Waals surface area contributed by atoms with Crippen molar-refractivity contribution in [1.29, 1.82) is 0 Å². The lowest BCUT2D eigenvalue weighted by Gasteiger charge is -2.12. The van der Waals surface area contributed by atoms with Gasteiger partial charge in [0.1, 0.15) is 5.75 Å². The van der Waals surface area contributed by atoms with Crippen LogP contribution < -0.4 is 10.1 Å². The largest absolute Gasteiger partial charge is 0.439 e. The topological polar surface area (TPSA) is 34.1 Å². The van der Waals surface area contributed by atoms with Crippen molar-refractivity contribution in [3.63, 3.8) is 0 Å². The first-order valence-corrected chi connectivity index (χ1v) is 6.63. The first kappa shape index (κ1) is 13.6. The number of aromatic nitrogens is 1. The van der Waals surface area contributed by atoms with Crippen LogP contribution in [0.4, 0.5) is 0 Å². The van der Waals surface area contributed by atoms with Crippen LogP contribution in [0.25, 0.3) is 0 Å². The summed E-state index contributed by atoms with van der Waals surface area (Å²) in [6, 6.07) is 12.4. The lowest BCUT2D eigenvalue weighted by molar-refractivity contribution is 0.460. The van der Waals surface area contributed by atoms with E-state index in [0.717, 1.165) is 12.2 Å². The van der Waals surface area contributed by atoms with Crippen molar-refractivity contribution in [3.05, 3.63) is 53.7 Å². The molecule has 19 heavy (non-hydrogen) atoms. The maximum Gasteiger partial charge on any atom is 0.219 e. The Balaban J connectivity index is 2.18. The van der Waals surface area contributed by atoms with Crippen LogP contribution in [0.1, 0.15) is 31.0 Å². The minimum Gasteiger partial charge on any atom is -0.439 e. The van der Waals surface area contributed by atoms with Crippen LogP contribution in [0.2, 0.25) is 0 Å². The van der Waals surface area contributed by atoms with Crippen molar-refractivity contribution in [2.24, 2.45) is 0 Å². The van der Waals surface area contributed by atoms with E-state index in [1.54, 1.807) is 6.20 Å². The Bertz CT molecular complexity index is 540. The number of hydrogen-bond acceptors (Lipinski definition) is 3. The zero-order chi connectivity index (χ0) is 13.7. The van der Waals surface area contributed by atoms with Crippen molar-refractivity contribution >= 4 is 0 Å². The Morgan fingerprint density at radius 3 is 2.84 bits per heavy atom. The highest BCUT2D eigenvalue weighted by Gasteiger charge is 2.05. The number of hydrogen-bond donors (Lipinski definition) is 1. The van der Waals surface area contributed by atoms with Gasteiger partial charge in [0.15, 0.2) is 0 Å². The summed E-state index contributed by atoms with van der Waals surface area (Å²) < 4.78 is 5.82. The standard InChI is InChI=1S/C16H20N2O/c1-4-13-6-5-7-15(10-13)19-16-11-14(8-9-18-16)12(2)17-3/h5-12,17H,4H2,1-3H3. The van der Waals surface area contributed by atoms with E-state index < -0.39 is 0 Å². The molecule has 3 nitrogen and oxygen atoms in total. The maximum atomic E-state index is 5.82. The number of pyridine rings is 1. The molecular weight excluding hydrogens is 236 g/mol. The Kier molecular flexibility index (Phi) is 4.53. The third kappa shape index (κ3) is 3.55. The summed E-state index contributed by atoms with van der Waals surface area (Å²) in [5.41, 5.74) is 2.43. The maximum absolute atomic E-state index is 5.82. The summed E-state index contributed by atoms with van der Waals surface area (Å²) in [7, 11) is 1.94. The van der Waals surface area contributed by atoms with Gasteiger partial charge in [0, 0.05) is 18.3 Å². The average Bonchev–Trinajstić information content (AvgIpc) is 2.47. The molecule has 1 aromatic carbocycles. The number of rotatable bonds is 5. The minimum absolute atomic E-state index is 0.285. The lowest BCUT2D eigenvalue weighted by atomic mass is 10.1. The summed E-state index contributed by atoms with van der Waals surface area (Å²) in [6.07, 6.45) is 2.78. The molecule has 0 saturated heterocycles. The van der Waals surface area contributed by atoms with E-state index in [-0.39, 0.29) is 6.04 Å². The number of benzene rings is 1. The molecule has 0 fully saturated rings. The molecular formula is C16H20N2O. The molecule has 1 N–H and O–H groups in total. The molecule has 1 heterocycles. The van der Waals surface area contributed by atoms with Crippen molar-refractivity contribution < 1.29 is 4.74 Å². The Morgan fingerprint density at radius 1 is 1.26 bits per heavy atom. The molecule has 0 aliphatic carbocycles. The first-order chi connectivity index (χ1) is 9.22. The van der Waals surface area contributed by atoms with Gasteiger partial charge in [-0.05, 0) is 49.7 Å². The van der Waals surface area contributed by atoms with E-state index in [9.17, 15) is 0 Å². The van der Waals surface area contributed by atoms with Crippen LogP contribution in [-0.4, -0.2) is 12.0 Å². The van der Waals surface area contributed by atoms with Crippen molar-refractivity contribution in [3.8, 4) is 11.6 Å². The van der Waals surface area contributed by atoms with E-state index >= 15 is 0 Å². The molecule has 0 saturated carbocycles. The van der Waals surface area contributed by atoms with Crippen molar-refractivity contribution in [2.75, 3.05) is 7.05 Å². The average molecular weight is 256 g/mol. The summed E-state index contributed by atoms with van der Waals surface area (Å²) in [4.78, 5) is 4.26. The second kappa shape index (κ2) is 6.34. The second-order valence-electron chi connectivity index (χ2n) is 4.54. The van der Waals surface area contributed by atoms with E-state index in [0.29, 0.717) is 5.88 Å². The Hall–Kier alpha value is -1.87. The zero-order valence-electron chi connectivity index (χ0n) is 11.7. The molecule has 3 heteroatoms. The monoisotopic (exact) mass is 256 g/mol. The highest BCUT2D eigenvalue weighted by Crippen LogP contribution is 2.23. The molecule has 0 spiro atoms. The number of nitrogens with one attached hydrogen (secondary N) is 1. The van der Waals surface area contributed by atoms with Crippen LogP contribution >= 0.6 is 0 Å². The van der Waals surface area contributed by atoms with Crippen LogP contribution in [0.5, 0.6) is 11.6 Å². The van der Waals surface area contributed by atoms with Gasteiger partial charge in [0.05, 0.1) is 0 Å². The van der Waals surface area contributed by atoms with Gasteiger partial charge in [-0.2, -0.15) is 0 Å². The van der Waals surface area contributed by atoms with E-state index in [4.69, 9.17) is 4.74 Å². The van der Waals surface area contributed by atoms with E-state index in [2.05, 4.69) is 36.3 Å². The van der Waals surface area contributed by atoms with Crippen LogP contribution in [-0.2, 0) is 6.42 Å². The quantitative estimate of drug-likeness (QED) is 0.885. The van der Waals surface area contributed by atoms with Gasteiger partial charge in [0.25, 0.3) is 0 Å². The predicted octanol–water partition coefficient (Wildman–Crippen LogP) is 3.72. The van der Waals surface area contributed by atoms with Crippen LogP contribution in [0, 0.1) is 0 Å². The summed E-state index contributed by atoms with van der Waals surface area (Å²) in [5, 5.41) is 3.21. The molecule has 0 aliphatic rings. The molecule has 0 radical (unpaired) electrons. The molecule has 1 aromatic heterocycles. The number of ether oxygens (including phenoxy) is 1.